The summed E-state index contributed by atoms with van der Waals surface area (Å²) in [6, 6.07) is 6.79. The average Bonchev–Trinajstić information content (AvgIpc) is 3.16. The number of nitrogens with zero attached hydrogens (tertiary/aromatic N) is 5. The number of rotatable bonds is 5. The van der Waals surface area contributed by atoms with E-state index >= 15 is 0 Å². The molecule has 8 heteroatoms. The van der Waals surface area contributed by atoms with Crippen molar-refractivity contribution in [1.82, 2.24) is 19.6 Å². The summed E-state index contributed by atoms with van der Waals surface area (Å²) < 4.78 is 18.2. The topological polar surface area (TPSA) is 56.7 Å². The molecule has 0 amide bonds. The first-order valence-electron chi connectivity index (χ1n) is 9.05. The van der Waals surface area contributed by atoms with Gasteiger partial charge in [-0.2, -0.15) is 4.37 Å². The van der Waals surface area contributed by atoms with Crippen LogP contribution in [-0.2, 0) is 13.0 Å². The van der Waals surface area contributed by atoms with Crippen LogP contribution in [0.3, 0.4) is 0 Å². The molecular weight excluding hydrogens is 351 g/mol. The maximum absolute atomic E-state index is 13.8. The van der Waals surface area contributed by atoms with E-state index in [9.17, 15) is 4.39 Å². The Bertz CT molecular complexity index is 739. The van der Waals surface area contributed by atoms with Crippen LogP contribution in [0.2, 0.25) is 0 Å². The van der Waals surface area contributed by atoms with E-state index in [-0.39, 0.29) is 5.82 Å². The average molecular weight is 377 g/mol. The second-order valence-corrected chi connectivity index (χ2v) is 6.81. The van der Waals surface area contributed by atoms with Gasteiger partial charge in [-0.3, -0.25) is 0 Å². The molecule has 1 aliphatic heterocycles. The number of halogens is 1. The number of aromatic nitrogens is 2. The summed E-state index contributed by atoms with van der Waals surface area (Å²) in [5, 5.41) is 4.31. The number of aryl methyl sites for hydroxylation is 1. The van der Waals surface area contributed by atoms with Gasteiger partial charge in [0.2, 0.25) is 5.13 Å². The van der Waals surface area contributed by atoms with E-state index in [1.54, 1.807) is 12.1 Å². The Morgan fingerprint density at radius 2 is 2.00 bits per heavy atom. The molecule has 1 aromatic heterocycles. The first-order valence-corrected chi connectivity index (χ1v) is 9.82. The molecule has 1 aromatic carbocycles. The van der Waals surface area contributed by atoms with Crippen LogP contribution in [0.25, 0.3) is 0 Å². The van der Waals surface area contributed by atoms with Gasteiger partial charge >= 0.3 is 0 Å². The number of guanidine groups is 1. The Balaban J connectivity index is 1.62. The summed E-state index contributed by atoms with van der Waals surface area (Å²) in [6.07, 6.45) is 0.865. The lowest BCUT2D eigenvalue weighted by Gasteiger charge is -2.36. The van der Waals surface area contributed by atoms with Crippen molar-refractivity contribution in [1.29, 1.82) is 0 Å². The second kappa shape index (κ2) is 8.93. The Hall–Kier alpha value is -2.22. The molecule has 0 atom stereocenters. The first-order chi connectivity index (χ1) is 12.7. The maximum atomic E-state index is 13.8. The minimum Gasteiger partial charge on any atom is -0.357 e. The van der Waals surface area contributed by atoms with Gasteiger partial charge in [-0.25, -0.2) is 14.4 Å². The van der Waals surface area contributed by atoms with Crippen molar-refractivity contribution in [3.8, 4) is 0 Å². The Morgan fingerprint density at radius 3 is 2.65 bits per heavy atom. The number of hydrogen-bond donors (Lipinski definition) is 1. The van der Waals surface area contributed by atoms with Crippen LogP contribution in [-0.4, -0.2) is 52.9 Å². The highest BCUT2D eigenvalue weighted by Gasteiger charge is 2.22. The molecule has 0 unspecified atom stereocenters. The lowest BCUT2D eigenvalue weighted by Crippen LogP contribution is -2.52. The fourth-order valence-electron chi connectivity index (χ4n) is 2.84. The molecule has 0 aliphatic carbocycles. The lowest BCUT2D eigenvalue weighted by atomic mass is 10.2. The molecule has 26 heavy (non-hydrogen) atoms. The summed E-state index contributed by atoms with van der Waals surface area (Å²) in [7, 11) is 0. The van der Waals surface area contributed by atoms with Crippen molar-refractivity contribution < 1.29 is 4.39 Å². The van der Waals surface area contributed by atoms with Crippen molar-refractivity contribution >= 4 is 22.6 Å². The van der Waals surface area contributed by atoms with Crippen LogP contribution in [0.1, 0.15) is 25.2 Å². The minimum atomic E-state index is -0.208. The molecule has 1 N–H and O–H groups in total. The third-order valence-electron chi connectivity index (χ3n) is 4.32. The molecule has 2 aromatic rings. The van der Waals surface area contributed by atoms with Crippen LogP contribution in [0.15, 0.2) is 29.3 Å². The van der Waals surface area contributed by atoms with E-state index in [1.807, 2.05) is 13.0 Å². The lowest BCUT2D eigenvalue weighted by molar-refractivity contribution is 0.372. The Kier molecular flexibility index (Phi) is 6.38. The summed E-state index contributed by atoms with van der Waals surface area (Å²) in [5.41, 5.74) is 0.613. The maximum Gasteiger partial charge on any atom is 0.205 e. The first kappa shape index (κ1) is 18.6. The molecular formula is C18H25FN6S. The molecule has 0 spiro atoms. The van der Waals surface area contributed by atoms with Gasteiger partial charge in [0.05, 0.1) is 6.54 Å². The smallest absolute Gasteiger partial charge is 0.205 e. The van der Waals surface area contributed by atoms with Gasteiger partial charge in [-0.1, -0.05) is 25.1 Å². The molecule has 1 saturated heterocycles. The quantitative estimate of drug-likeness (QED) is 0.642. The molecule has 3 rings (SSSR count). The molecule has 140 valence electrons. The van der Waals surface area contributed by atoms with Gasteiger partial charge in [-0.05, 0) is 13.0 Å². The van der Waals surface area contributed by atoms with Gasteiger partial charge in [0.15, 0.2) is 5.96 Å². The number of benzene rings is 1. The van der Waals surface area contributed by atoms with Crippen molar-refractivity contribution in [2.45, 2.75) is 26.8 Å². The summed E-state index contributed by atoms with van der Waals surface area (Å²) in [4.78, 5) is 13.7. The molecule has 2 heterocycles. The zero-order valence-corrected chi connectivity index (χ0v) is 16.1. The van der Waals surface area contributed by atoms with Gasteiger partial charge < -0.3 is 15.1 Å². The van der Waals surface area contributed by atoms with E-state index in [0.717, 1.165) is 56.1 Å². The van der Waals surface area contributed by atoms with Gasteiger partial charge in [-0.15, -0.1) is 0 Å². The standard InChI is InChI=1S/C18H25FN6S/c1-3-16-22-18(26-23-16)25-11-9-24(10-12-25)17(20-4-2)21-13-14-7-5-6-8-15(14)19/h5-8H,3-4,9-13H2,1-2H3,(H,20,21). The Labute approximate surface area is 157 Å². The summed E-state index contributed by atoms with van der Waals surface area (Å²) in [6.45, 7) is 8.69. The number of anilines is 1. The van der Waals surface area contributed by atoms with Crippen molar-refractivity contribution in [3.05, 3.63) is 41.5 Å². The van der Waals surface area contributed by atoms with Crippen LogP contribution in [0.4, 0.5) is 9.52 Å². The third kappa shape index (κ3) is 4.49. The highest BCUT2D eigenvalue weighted by molar-refractivity contribution is 7.09. The molecule has 6 nitrogen and oxygen atoms in total. The predicted octanol–water partition coefficient (Wildman–Crippen LogP) is 2.53. The number of piperazine rings is 1. The fraction of sp³-hybridized carbons (Fsp3) is 0.500. The summed E-state index contributed by atoms with van der Waals surface area (Å²) >= 11 is 1.47. The van der Waals surface area contributed by atoms with Crippen LogP contribution >= 0.6 is 11.5 Å². The third-order valence-corrected chi connectivity index (χ3v) is 5.13. The second-order valence-electron chi connectivity index (χ2n) is 6.08. The van der Waals surface area contributed by atoms with Crippen LogP contribution < -0.4 is 10.2 Å². The molecule has 1 aliphatic rings. The molecule has 0 saturated carbocycles. The van der Waals surface area contributed by atoms with E-state index < -0.39 is 0 Å². The minimum absolute atomic E-state index is 0.208. The van der Waals surface area contributed by atoms with Crippen LogP contribution in [0.5, 0.6) is 0 Å². The fourth-order valence-corrected chi connectivity index (χ4v) is 3.64. The zero-order chi connectivity index (χ0) is 18.4. The highest BCUT2D eigenvalue weighted by atomic mass is 32.1. The summed E-state index contributed by atoms with van der Waals surface area (Å²) in [5.74, 6) is 1.54. The van der Waals surface area contributed by atoms with Gasteiger partial charge in [0, 0.05) is 56.2 Å². The van der Waals surface area contributed by atoms with Gasteiger partial charge in [0.25, 0.3) is 0 Å². The van der Waals surface area contributed by atoms with Crippen molar-refractivity contribution in [2.75, 3.05) is 37.6 Å². The SMILES string of the molecule is CCNC(=NCc1ccccc1F)N1CCN(c2nc(CC)ns2)CC1. The van der Waals surface area contributed by atoms with Crippen molar-refractivity contribution in [3.63, 3.8) is 0 Å². The normalized spacial score (nSPS) is 15.4. The Morgan fingerprint density at radius 1 is 1.23 bits per heavy atom. The number of nitrogens with one attached hydrogen (secondary N) is 1. The predicted molar refractivity (Wildman–Crippen MR) is 104 cm³/mol. The van der Waals surface area contributed by atoms with E-state index in [4.69, 9.17) is 0 Å². The molecule has 1 fully saturated rings. The van der Waals surface area contributed by atoms with Crippen LogP contribution in [0, 0.1) is 5.82 Å². The zero-order valence-electron chi connectivity index (χ0n) is 15.3. The van der Waals surface area contributed by atoms with E-state index in [0.29, 0.717) is 12.1 Å². The van der Waals surface area contributed by atoms with E-state index in [2.05, 4.69) is 36.4 Å². The number of hydrogen-bond acceptors (Lipinski definition) is 5. The number of aliphatic imine (C=N–C) groups is 1. The van der Waals surface area contributed by atoms with Crippen molar-refractivity contribution in [2.24, 2.45) is 4.99 Å². The monoisotopic (exact) mass is 376 g/mol. The molecule has 0 radical (unpaired) electrons. The molecule has 0 bridgehead atoms. The largest absolute Gasteiger partial charge is 0.357 e. The van der Waals surface area contributed by atoms with E-state index in [1.165, 1.54) is 17.6 Å². The van der Waals surface area contributed by atoms with Gasteiger partial charge in [0.1, 0.15) is 11.6 Å². The highest BCUT2D eigenvalue weighted by Crippen LogP contribution is 2.19.